The summed E-state index contributed by atoms with van der Waals surface area (Å²) in [6, 6.07) is 16.4. The van der Waals surface area contributed by atoms with Crippen LogP contribution in [0.1, 0.15) is 86.9 Å². The summed E-state index contributed by atoms with van der Waals surface area (Å²) in [6.45, 7) is 19.1. The number of urea groups is 1. The zero-order valence-electron chi connectivity index (χ0n) is 36.0. The average molecular weight is 853 g/mol. The highest BCUT2D eigenvalue weighted by molar-refractivity contribution is 6.23. The number of carbonyl (C=O) groups is 5. The van der Waals surface area contributed by atoms with E-state index in [-0.39, 0.29) is 48.2 Å². The molecule has 0 spiro atoms. The molecule has 1 unspecified atom stereocenters. The Hall–Kier alpha value is -6.60. The number of amides is 6. The largest absolute Gasteiger partial charge is 0.490 e. The lowest BCUT2D eigenvalue weighted by atomic mass is 9.84. The Morgan fingerprint density at radius 1 is 0.921 bits per heavy atom. The third-order valence-corrected chi connectivity index (χ3v) is 13.4. The summed E-state index contributed by atoms with van der Waals surface area (Å²) in [5, 5.41) is 6.24. The Labute approximate surface area is 366 Å². The van der Waals surface area contributed by atoms with E-state index in [1.54, 1.807) is 30.6 Å². The van der Waals surface area contributed by atoms with Crippen molar-refractivity contribution in [2.45, 2.75) is 109 Å². The van der Waals surface area contributed by atoms with Gasteiger partial charge in [0.1, 0.15) is 23.7 Å². The third kappa shape index (κ3) is 7.90. The van der Waals surface area contributed by atoms with Gasteiger partial charge < -0.3 is 24.8 Å². The molecule has 63 heavy (non-hydrogen) atoms. The Kier molecular flexibility index (Phi) is 11.2. The van der Waals surface area contributed by atoms with Gasteiger partial charge in [0.25, 0.3) is 11.8 Å². The minimum atomic E-state index is -1.01. The first kappa shape index (κ1) is 41.7. The van der Waals surface area contributed by atoms with Gasteiger partial charge in [-0.3, -0.25) is 39.3 Å². The molecule has 9 rings (SSSR count). The molecule has 4 aliphatic heterocycles. The first-order valence-electron chi connectivity index (χ1n) is 22.0. The number of anilines is 3. The quantitative estimate of drug-likeness (QED) is 0.150. The van der Waals surface area contributed by atoms with Crippen LogP contribution in [0.25, 0.3) is 15.7 Å². The van der Waals surface area contributed by atoms with Crippen LogP contribution >= 0.6 is 0 Å². The Morgan fingerprint density at radius 2 is 1.70 bits per heavy atom. The highest BCUT2D eigenvalue weighted by Crippen LogP contribution is 2.38. The number of piperazine rings is 1. The molecule has 0 bridgehead atoms. The van der Waals surface area contributed by atoms with Crippen LogP contribution in [0.2, 0.25) is 0 Å². The van der Waals surface area contributed by atoms with Crippen LogP contribution in [0.5, 0.6) is 5.75 Å². The van der Waals surface area contributed by atoms with E-state index in [0.717, 1.165) is 60.6 Å². The second kappa shape index (κ2) is 16.9. The predicted molar refractivity (Wildman–Crippen MR) is 237 cm³/mol. The van der Waals surface area contributed by atoms with Gasteiger partial charge in [-0.1, -0.05) is 12.1 Å². The van der Waals surface area contributed by atoms with Crippen LogP contribution in [0.4, 0.5) is 27.7 Å². The molecule has 2 aromatic carbocycles. The lowest BCUT2D eigenvalue weighted by Crippen LogP contribution is -2.59. The number of aromatic nitrogens is 2. The number of nitrogens with zero attached hydrogens (tertiary/aromatic N) is 8. The Morgan fingerprint density at radius 3 is 2.41 bits per heavy atom. The number of hydrogen-bond acceptors (Lipinski definition) is 11. The lowest BCUT2D eigenvalue weighted by Gasteiger charge is -2.50. The fraction of sp³-hybridized carbons (Fsp3) is 0.447. The number of hydrogen-bond donors (Lipinski definition) is 2. The zero-order chi connectivity index (χ0) is 44.1. The van der Waals surface area contributed by atoms with Gasteiger partial charge in [0.15, 0.2) is 0 Å². The molecule has 6 heterocycles. The third-order valence-electron chi connectivity index (χ3n) is 13.4. The summed E-state index contributed by atoms with van der Waals surface area (Å²) in [5.41, 5.74) is 3.34. The van der Waals surface area contributed by atoms with Crippen LogP contribution in [-0.2, 0) is 9.59 Å². The van der Waals surface area contributed by atoms with Gasteiger partial charge in [-0.05, 0) is 89.4 Å². The number of fused-ring (bicyclic) bond motifs is 2. The molecule has 0 radical (unpaired) electrons. The normalized spacial score (nSPS) is 24.1. The molecule has 16 heteroatoms. The maximum absolute atomic E-state index is 13.6. The Bertz CT molecular complexity index is 2510. The summed E-state index contributed by atoms with van der Waals surface area (Å²) in [4.78, 5) is 87.1. The fourth-order valence-corrected chi connectivity index (χ4v) is 10.2. The molecule has 3 saturated heterocycles. The van der Waals surface area contributed by atoms with Crippen molar-refractivity contribution in [1.82, 2.24) is 30.0 Å². The number of carbonyl (C=O) groups excluding carboxylic acids is 5. The van der Waals surface area contributed by atoms with Crippen molar-refractivity contribution >= 4 is 63.4 Å². The summed E-state index contributed by atoms with van der Waals surface area (Å²) in [6.07, 6.45) is 7.28. The average Bonchev–Trinajstić information content (AvgIpc) is 3.51. The minimum Gasteiger partial charge on any atom is -0.490 e. The molecule has 16 nitrogen and oxygen atoms in total. The topological polar surface area (TPSA) is 165 Å². The van der Waals surface area contributed by atoms with E-state index >= 15 is 0 Å². The van der Waals surface area contributed by atoms with E-state index < -0.39 is 29.7 Å². The number of pyridine rings is 2. The van der Waals surface area contributed by atoms with Crippen molar-refractivity contribution in [2.24, 2.45) is 0 Å². The predicted octanol–water partition coefficient (Wildman–Crippen LogP) is 6.00. The van der Waals surface area contributed by atoms with Crippen molar-refractivity contribution in [2.75, 3.05) is 41.3 Å². The monoisotopic (exact) mass is 852 g/mol. The second-order valence-corrected chi connectivity index (χ2v) is 17.7. The maximum atomic E-state index is 13.6. The Balaban J connectivity index is 0.751. The number of rotatable bonds is 9. The lowest BCUT2D eigenvalue weighted by molar-refractivity contribution is -0.136. The standard InChI is InChI=1S/C47H52N10O6/c1-27(2)56(32-21-34(22-32)63-33-9-10-35-37(23-33)46(61)57(45(35)60)40-13-15-42(58)52-44(40)59)31-16-19-53(20-17-31)41-14-8-30(24-50-41)51-47(62)55-26-28(3)54(25-29(55)4)39-12-11-38(48-5)43-36(39)7-6-18-49-43/h6-12,14,18,23-24,27-29,31-32,34,40H,13,15-17,19-22,25-26H2,1-4H3,(H,51,62)(H,52,58,59)/t28-,29+,32?,34?,40?/m0/s1. The zero-order valence-corrected chi connectivity index (χ0v) is 36.0. The molecule has 2 N–H and O–H groups in total. The van der Waals surface area contributed by atoms with Crippen molar-refractivity contribution in [3.8, 4) is 5.75 Å². The molecule has 326 valence electrons. The summed E-state index contributed by atoms with van der Waals surface area (Å²) < 4.78 is 6.33. The van der Waals surface area contributed by atoms with Gasteiger partial charge in [-0.25, -0.2) is 14.6 Å². The van der Waals surface area contributed by atoms with Gasteiger partial charge in [-0.2, -0.15) is 0 Å². The van der Waals surface area contributed by atoms with E-state index in [4.69, 9.17) is 16.3 Å². The van der Waals surface area contributed by atoms with Gasteiger partial charge in [-0.15, -0.1) is 0 Å². The molecule has 6 amide bonds. The van der Waals surface area contributed by atoms with Crippen LogP contribution in [-0.4, -0.2) is 123 Å². The molecule has 5 aliphatic rings. The van der Waals surface area contributed by atoms with Gasteiger partial charge in [0, 0.05) is 92.9 Å². The molecule has 1 saturated carbocycles. The molecule has 2 aromatic heterocycles. The summed E-state index contributed by atoms with van der Waals surface area (Å²) in [5.74, 6) is -0.713. The smallest absolute Gasteiger partial charge is 0.322 e. The maximum Gasteiger partial charge on any atom is 0.322 e. The number of ether oxygens (including phenoxy) is 1. The first-order chi connectivity index (χ1) is 30.4. The summed E-state index contributed by atoms with van der Waals surface area (Å²) >= 11 is 0. The molecular formula is C47H52N10O6. The van der Waals surface area contributed by atoms with Crippen molar-refractivity contribution < 1.29 is 28.7 Å². The van der Waals surface area contributed by atoms with Crippen LogP contribution < -0.4 is 25.2 Å². The molecular weight excluding hydrogens is 801 g/mol. The van der Waals surface area contributed by atoms with Crippen LogP contribution in [0.3, 0.4) is 0 Å². The van der Waals surface area contributed by atoms with Gasteiger partial charge in [0.05, 0.1) is 35.1 Å². The highest BCUT2D eigenvalue weighted by Gasteiger charge is 2.45. The highest BCUT2D eigenvalue weighted by atomic mass is 16.5. The van der Waals surface area contributed by atoms with E-state index in [1.165, 1.54) is 0 Å². The van der Waals surface area contributed by atoms with E-state index in [0.29, 0.717) is 53.9 Å². The minimum absolute atomic E-state index is 0.0273. The van der Waals surface area contributed by atoms with E-state index in [9.17, 15) is 24.0 Å². The van der Waals surface area contributed by atoms with E-state index in [1.807, 2.05) is 41.3 Å². The van der Waals surface area contributed by atoms with E-state index in [2.05, 4.69) is 62.9 Å². The van der Waals surface area contributed by atoms with Gasteiger partial charge in [0.2, 0.25) is 17.5 Å². The van der Waals surface area contributed by atoms with Crippen LogP contribution in [0, 0.1) is 6.57 Å². The molecule has 1 aliphatic carbocycles. The fourth-order valence-electron chi connectivity index (χ4n) is 10.2. The number of piperidine rings is 2. The number of imide groups is 2. The SMILES string of the molecule is [C-]#[N+]c1ccc(N2C[C@@H](C)N(C(=O)Nc3ccc(N4CCC(N(C(C)C)C5CC(Oc6ccc7c(c6)C(=O)N(C6CCC(=O)NC6=O)C7=O)C5)CC4)nc3)C[C@@H]2C)c2cccnc12. The van der Waals surface area contributed by atoms with Crippen molar-refractivity contribution in [3.05, 3.63) is 89.5 Å². The molecule has 4 fully saturated rings. The molecule has 4 aromatic rings. The summed E-state index contributed by atoms with van der Waals surface area (Å²) in [7, 11) is 0. The second-order valence-electron chi connectivity index (χ2n) is 17.7. The number of benzene rings is 2. The van der Waals surface area contributed by atoms with Crippen LogP contribution in [0.15, 0.2) is 67.0 Å². The van der Waals surface area contributed by atoms with Crippen molar-refractivity contribution in [3.63, 3.8) is 0 Å². The van der Waals surface area contributed by atoms with Gasteiger partial charge >= 0.3 is 6.03 Å². The van der Waals surface area contributed by atoms with Crippen molar-refractivity contribution in [1.29, 1.82) is 0 Å². The number of nitrogens with one attached hydrogen (secondary N) is 2. The molecule has 3 atom stereocenters. The first-order valence-corrected chi connectivity index (χ1v) is 22.0.